The molecule has 0 amide bonds. The average molecular weight is 320 g/mol. The smallest absolute Gasteiger partial charge is 0.260 e. The van der Waals surface area contributed by atoms with Crippen molar-refractivity contribution in [3.8, 4) is 22.8 Å². The molecule has 7 heteroatoms. The molecule has 0 spiro atoms. The number of nitrogens with two attached hydrogens (primary N) is 1. The van der Waals surface area contributed by atoms with Crippen LogP contribution in [-0.4, -0.2) is 19.9 Å². The third-order valence-electron chi connectivity index (χ3n) is 2.63. The Balaban J connectivity index is 2.03. The van der Waals surface area contributed by atoms with E-state index in [1.165, 1.54) is 0 Å². The summed E-state index contributed by atoms with van der Waals surface area (Å²) in [5, 5.41) is 8.01. The summed E-state index contributed by atoms with van der Waals surface area (Å²) in [5.74, 6) is 0.875. The van der Waals surface area contributed by atoms with Crippen LogP contribution in [0.2, 0.25) is 0 Å². The van der Waals surface area contributed by atoms with E-state index >= 15 is 0 Å². The Hall–Kier alpha value is -2.15. The van der Waals surface area contributed by atoms with Crippen LogP contribution in [0.1, 0.15) is 0 Å². The Morgan fingerprint density at radius 3 is 2.95 bits per heavy atom. The van der Waals surface area contributed by atoms with Crippen LogP contribution in [0.3, 0.4) is 0 Å². The number of hydrogen-bond donors (Lipinski definition) is 1. The lowest BCUT2D eigenvalue weighted by Crippen LogP contribution is -1.90. The second-order valence-electron chi connectivity index (χ2n) is 4.06. The van der Waals surface area contributed by atoms with Crippen LogP contribution in [0.25, 0.3) is 22.8 Å². The van der Waals surface area contributed by atoms with E-state index in [0.717, 1.165) is 10.0 Å². The number of nitrogen functional groups attached to an aromatic ring is 1. The molecule has 0 bridgehead atoms. The molecule has 0 unspecified atom stereocenters. The number of aryl methyl sites for hydroxylation is 1. The summed E-state index contributed by atoms with van der Waals surface area (Å²) in [7, 11) is 1.83. The molecule has 19 heavy (non-hydrogen) atoms. The quantitative estimate of drug-likeness (QED) is 0.734. The first-order valence-electron chi connectivity index (χ1n) is 5.51. The minimum atomic E-state index is 0.387. The van der Waals surface area contributed by atoms with Gasteiger partial charge in [-0.25, -0.2) is 0 Å². The van der Waals surface area contributed by atoms with E-state index < -0.39 is 0 Å². The predicted molar refractivity (Wildman–Crippen MR) is 74.0 cm³/mol. The summed E-state index contributed by atoms with van der Waals surface area (Å²) in [6.07, 6.45) is 3.50. The van der Waals surface area contributed by atoms with Gasteiger partial charge < -0.3 is 10.3 Å². The number of hydrogen-bond acceptors (Lipinski definition) is 5. The standard InChI is InChI=1S/C12H10BrN5O/c1-18-6-7(5-15-18)11-16-12(19-17-11)9-4-8(13)2-3-10(9)14/h2-6H,14H2,1H3. The van der Waals surface area contributed by atoms with Crippen molar-refractivity contribution in [1.29, 1.82) is 0 Å². The number of nitrogens with zero attached hydrogens (tertiary/aromatic N) is 4. The molecule has 0 aliphatic rings. The molecule has 0 atom stereocenters. The summed E-state index contributed by atoms with van der Waals surface area (Å²) in [6, 6.07) is 5.49. The molecule has 0 fully saturated rings. The van der Waals surface area contributed by atoms with Crippen LogP contribution >= 0.6 is 15.9 Å². The topological polar surface area (TPSA) is 82.8 Å². The molecule has 0 aliphatic carbocycles. The maximum atomic E-state index is 5.91. The van der Waals surface area contributed by atoms with E-state index in [0.29, 0.717) is 23.0 Å². The molecule has 0 aliphatic heterocycles. The van der Waals surface area contributed by atoms with E-state index in [4.69, 9.17) is 10.3 Å². The maximum Gasteiger partial charge on any atom is 0.260 e. The van der Waals surface area contributed by atoms with Gasteiger partial charge >= 0.3 is 0 Å². The highest BCUT2D eigenvalue weighted by Gasteiger charge is 2.14. The lowest BCUT2D eigenvalue weighted by Gasteiger charge is -2.00. The second-order valence-corrected chi connectivity index (χ2v) is 4.97. The molecule has 2 N–H and O–H groups in total. The Labute approximate surface area is 117 Å². The lowest BCUT2D eigenvalue weighted by atomic mass is 10.2. The molecule has 2 heterocycles. The highest BCUT2D eigenvalue weighted by molar-refractivity contribution is 9.10. The van der Waals surface area contributed by atoms with E-state index in [2.05, 4.69) is 31.2 Å². The molecule has 3 aromatic rings. The fraction of sp³-hybridized carbons (Fsp3) is 0.0833. The first-order valence-corrected chi connectivity index (χ1v) is 6.31. The minimum absolute atomic E-state index is 0.387. The maximum absolute atomic E-state index is 5.91. The molecule has 1 aromatic carbocycles. The summed E-state index contributed by atoms with van der Waals surface area (Å²) in [6.45, 7) is 0. The zero-order valence-electron chi connectivity index (χ0n) is 10.0. The van der Waals surface area contributed by atoms with Gasteiger partial charge in [-0.05, 0) is 18.2 Å². The van der Waals surface area contributed by atoms with Gasteiger partial charge in [-0.2, -0.15) is 10.1 Å². The third-order valence-corrected chi connectivity index (χ3v) is 3.13. The van der Waals surface area contributed by atoms with Gasteiger partial charge in [0.05, 0.1) is 17.3 Å². The summed E-state index contributed by atoms with van der Waals surface area (Å²) >= 11 is 3.39. The Kier molecular flexibility index (Phi) is 2.83. The molecule has 3 rings (SSSR count). The van der Waals surface area contributed by atoms with Crippen molar-refractivity contribution < 1.29 is 4.52 Å². The van der Waals surface area contributed by atoms with Gasteiger partial charge in [0, 0.05) is 23.4 Å². The molecule has 0 saturated carbocycles. The van der Waals surface area contributed by atoms with E-state index in [-0.39, 0.29) is 0 Å². The van der Waals surface area contributed by atoms with Crippen molar-refractivity contribution in [2.24, 2.45) is 7.05 Å². The number of halogens is 1. The number of anilines is 1. The highest BCUT2D eigenvalue weighted by atomic mass is 79.9. The second kappa shape index (κ2) is 4.51. The highest BCUT2D eigenvalue weighted by Crippen LogP contribution is 2.29. The van der Waals surface area contributed by atoms with Gasteiger partial charge in [0.25, 0.3) is 5.89 Å². The third kappa shape index (κ3) is 2.24. The zero-order chi connectivity index (χ0) is 13.4. The van der Waals surface area contributed by atoms with E-state index in [9.17, 15) is 0 Å². The average Bonchev–Trinajstić information content (AvgIpc) is 3.00. The Bertz CT molecular complexity index is 733. The van der Waals surface area contributed by atoms with Crippen molar-refractivity contribution in [2.75, 3.05) is 5.73 Å². The first-order chi connectivity index (χ1) is 9.13. The predicted octanol–water partition coefficient (Wildman–Crippen LogP) is 2.48. The van der Waals surface area contributed by atoms with Gasteiger partial charge in [0.15, 0.2) is 0 Å². The van der Waals surface area contributed by atoms with E-state index in [1.54, 1.807) is 16.9 Å². The van der Waals surface area contributed by atoms with Crippen molar-refractivity contribution in [3.05, 3.63) is 35.1 Å². The van der Waals surface area contributed by atoms with Crippen LogP contribution < -0.4 is 5.73 Å². The fourth-order valence-electron chi connectivity index (χ4n) is 1.70. The zero-order valence-corrected chi connectivity index (χ0v) is 11.6. The van der Waals surface area contributed by atoms with Gasteiger partial charge in [-0.15, -0.1) is 0 Å². The summed E-state index contributed by atoms with van der Waals surface area (Å²) in [5.41, 5.74) is 8.00. The number of aromatic nitrogens is 4. The molecule has 2 aromatic heterocycles. The fourth-order valence-corrected chi connectivity index (χ4v) is 2.06. The van der Waals surface area contributed by atoms with Gasteiger partial charge in [-0.1, -0.05) is 21.1 Å². The minimum Gasteiger partial charge on any atom is -0.398 e. The number of rotatable bonds is 2. The first kappa shape index (κ1) is 11.9. The molecular weight excluding hydrogens is 310 g/mol. The lowest BCUT2D eigenvalue weighted by molar-refractivity contribution is 0.432. The van der Waals surface area contributed by atoms with Crippen LogP contribution in [0.5, 0.6) is 0 Å². The van der Waals surface area contributed by atoms with Crippen LogP contribution in [0.4, 0.5) is 5.69 Å². The summed E-state index contributed by atoms with van der Waals surface area (Å²) < 4.78 is 7.83. The Morgan fingerprint density at radius 2 is 2.21 bits per heavy atom. The van der Waals surface area contributed by atoms with Crippen molar-refractivity contribution in [3.63, 3.8) is 0 Å². The van der Waals surface area contributed by atoms with Gasteiger partial charge in [0.2, 0.25) is 5.82 Å². The number of benzene rings is 1. The van der Waals surface area contributed by atoms with E-state index in [1.807, 2.05) is 25.4 Å². The summed E-state index contributed by atoms with van der Waals surface area (Å²) in [4.78, 5) is 4.33. The van der Waals surface area contributed by atoms with Crippen LogP contribution in [-0.2, 0) is 7.05 Å². The normalized spacial score (nSPS) is 10.8. The van der Waals surface area contributed by atoms with Crippen molar-refractivity contribution in [1.82, 2.24) is 19.9 Å². The largest absolute Gasteiger partial charge is 0.398 e. The van der Waals surface area contributed by atoms with Crippen LogP contribution in [0.15, 0.2) is 39.6 Å². The van der Waals surface area contributed by atoms with Crippen molar-refractivity contribution >= 4 is 21.6 Å². The van der Waals surface area contributed by atoms with Gasteiger partial charge in [0.1, 0.15) is 0 Å². The SMILES string of the molecule is Cn1cc(-c2noc(-c3cc(Br)ccc3N)n2)cn1. The van der Waals surface area contributed by atoms with Crippen molar-refractivity contribution in [2.45, 2.75) is 0 Å². The monoisotopic (exact) mass is 319 g/mol. The molecule has 0 saturated heterocycles. The molecule has 0 radical (unpaired) electrons. The van der Waals surface area contributed by atoms with Gasteiger partial charge in [-0.3, -0.25) is 4.68 Å². The molecule has 6 nitrogen and oxygen atoms in total. The molecular formula is C12H10BrN5O. The molecule has 96 valence electrons. The van der Waals surface area contributed by atoms with Crippen LogP contribution in [0, 0.1) is 0 Å². The Morgan fingerprint density at radius 1 is 1.37 bits per heavy atom.